The molecule has 0 saturated carbocycles. The van der Waals surface area contributed by atoms with Gasteiger partial charge in [0.15, 0.2) is 15.6 Å². The highest BCUT2D eigenvalue weighted by Crippen LogP contribution is 2.34. The van der Waals surface area contributed by atoms with Crippen molar-refractivity contribution < 1.29 is 26.4 Å². The predicted octanol–water partition coefficient (Wildman–Crippen LogP) is 5.14. The molecular weight excluding hydrogens is 385 g/mol. The number of alkyl halides is 3. The molecule has 0 aliphatic carbocycles. The number of sulfone groups is 1. The molecule has 0 saturated heterocycles. The summed E-state index contributed by atoms with van der Waals surface area (Å²) >= 11 is 1.67. The van der Waals surface area contributed by atoms with Gasteiger partial charge in [-0.15, -0.1) is 0 Å². The molecule has 0 amide bonds. The molecule has 0 N–H and O–H groups in total. The summed E-state index contributed by atoms with van der Waals surface area (Å²) in [5, 5.41) is 0. The zero-order valence-electron chi connectivity index (χ0n) is 15.6. The minimum absolute atomic E-state index is 0.0443. The number of ketones is 1. The topological polar surface area (TPSA) is 51.2 Å². The Kier molecular flexibility index (Phi) is 7.01. The van der Waals surface area contributed by atoms with Gasteiger partial charge in [-0.25, -0.2) is 8.42 Å². The summed E-state index contributed by atoms with van der Waals surface area (Å²) in [6, 6.07) is 3.52. The van der Waals surface area contributed by atoms with Gasteiger partial charge in [-0.3, -0.25) is 4.79 Å². The Bertz CT molecular complexity index is 746. The van der Waals surface area contributed by atoms with Crippen LogP contribution in [0.3, 0.4) is 0 Å². The van der Waals surface area contributed by atoms with Crippen LogP contribution in [0.15, 0.2) is 29.2 Å². The van der Waals surface area contributed by atoms with E-state index in [0.717, 1.165) is 18.2 Å². The van der Waals surface area contributed by atoms with Crippen molar-refractivity contribution in [1.82, 2.24) is 0 Å². The molecule has 0 bridgehead atoms. The van der Waals surface area contributed by atoms with Gasteiger partial charge in [0.05, 0.1) is 10.5 Å². The minimum atomic E-state index is -4.65. The molecule has 0 unspecified atom stereocenters. The smallest absolute Gasteiger partial charge is 0.298 e. The monoisotopic (exact) mass is 410 g/mol. The maximum Gasteiger partial charge on any atom is 0.416 e. The standard InChI is InChI=1S/C18H25F3O3S2/c1-16(2,3)25-11-7-10-15(22)17(4,5)26(23,24)14-9-6-8-13(12-14)18(19,20)21/h6,8-9,12H,7,10-11H2,1-5H3. The molecule has 8 heteroatoms. The quantitative estimate of drug-likeness (QED) is 0.584. The van der Waals surface area contributed by atoms with E-state index in [4.69, 9.17) is 0 Å². The first kappa shape index (κ1) is 23.0. The zero-order chi connectivity index (χ0) is 20.4. The van der Waals surface area contributed by atoms with Crippen molar-refractivity contribution in [1.29, 1.82) is 0 Å². The van der Waals surface area contributed by atoms with Crippen LogP contribution in [0.1, 0.15) is 53.0 Å². The van der Waals surface area contributed by atoms with Crippen LogP contribution < -0.4 is 0 Å². The lowest BCUT2D eigenvalue weighted by atomic mass is 10.0. The lowest BCUT2D eigenvalue weighted by Crippen LogP contribution is -2.40. The van der Waals surface area contributed by atoms with E-state index in [1.165, 1.54) is 13.8 Å². The van der Waals surface area contributed by atoms with Crippen molar-refractivity contribution in [2.75, 3.05) is 5.75 Å². The Morgan fingerprint density at radius 3 is 2.15 bits per heavy atom. The van der Waals surface area contributed by atoms with Crippen molar-refractivity contribution in [2.24, 2.45) is 0 Å². The van der Waals surface area contributed by atoms with E-state index in [0.29, 0.717) is 18.2 Å². The minimum Gasteiger partial charge on any atom is -0.298 e. The van der Waals surface area contributed by atoms with Crippen molar-refractivity contribution in [2.45, 2.75) is 68.0 Å². The number of hydrogen-bond acceptors (Lipinski definition) is 4. The van der Waals surface area contributed by atoms with Gasteiger partial charge < -0.3 is 0 Å². The van der Waals surface area contributed by atoms with Crippen LogP contribution in [-0.4, -0.2) is 29.4 Å². The molecule has 0 atom stereocenters. The van der Waals surface area contributed by atoms with Gasteiger partial charge in [0.2, 0.25) is 0 Å². The number of rotatable bonds is 7. The average molecular weight is 411 g/mol. The molecule has 0 aromatic heterocycles. The molecule has 0 radical (unpaired) electrons. The normalized spacial score (nSPS) is 13.7. The molecule has 1 aromatic rings. The highest BCUT2D eigenvalue weighted by molar-refractivity contribution is 8.00. The molecule has 0 aliphatic heterocycles. The SMILES string of the molecule is CC(C)(C)SCCCC(=O)C(C)(C)S(=O)(=O)c1cccc(C(F)(F)F)c1. The zero-order valence-corrected chi connectivity index (χ0v) is 17.2. The Balaban J connectivity index is 2.98. The van der Waals surface area contributed by atoms with Crippen LogP contribution >= 0.6 is 11.8 Å². The van der Waals surface area contributed by atoms with Crippen molar-refractivity contribution >= 4 is 27.4 Å². The van der Waals surface area contributed by atoms with E-state index in [2.05, 4.69) is 0 Å². The first-order valence-electron chi connectivity index (χ1n) is 8.18. The molecule has 26 heavy (non-hydrogen) atoms. The fourth-order valence-electron chi connectivity index (χ4n) is 2.20. The Hall–Kier alpha value is -1.02. The summed E-state index contributed by atoms with van der Waals surface area (Å²) in [5.41, 5.74) is -1.05. The van der Waals surface area contributed by atoms with E-state index in [9.17, 15) is 26.4 Å². The lowest BCUT2D eigenvalue weighted by molar-refractivity contribution is -0.137. The Labute approximate surface area is 157 Å². The van der Waals surface area contributed by atoms with Crippen molar-refractivity contribution in [3.63, 3.8) is 0 Å². The van der Waals surface area contributed by atoms with Crippen LogP contribution in [0.2, 0.25) is 0 Å². The third-order valence-corrected chi connectivity index (χ3v) is 7.70. The Morgan fingerprint density at radius 1 is 1.08 bits per heavy atom. The molecule has 0 heterocycles. The van der Waals surface area contributed by atoms with Crippen LogP contribution in [0.5, 0.6) is 0 Å². The average Bonchev–Trinajstić information content (AvgIpc) is 2.49. The largest absolute Gasteiger partial charge is 0.416 e. The van der Waals surface area contributed by atoms with E-state index >= 15 is 0 Å². The summed E-state index contributed by atoms with van der Waals surface area (Å²) < 4.78 is 62.3. The van der Waals surface area contributed by atoms with Crippen LogP contribution in [0, 0.1) is 0 Å². The number of Topliss-reactive ketones (excluding diaryl/α,β-unsaturated/α-hetero) is 1. The number of thioether (sulfide) groups is 1. The Morgan fingerprint density at radius 2 is 1.65 bits per heavy atom. The molecule has 1 rings (SSSR count). The second-order valence-corrected chi connectivity index (χ2v) is 11.9. The summed E-state index contributed by atoms with van der Waals surface area (Å²) in [6.07, 6.45) is -4.07. The molecule has 0 spiro atoms. The number of hydrogen-bond donors (Lipinski definition) is 0. The molecule has 0 fully saturated rings. The molecule has 1 aromatic carbocycles. The number of benzene rings is 1. The lowest BCUT2D eigenvalue weighted by Gasteiger charge is -2.24. The van der Waals surface area contributed by atoms with E-state index in [1.807, 2.05) is 20.8 Å². The molecule has 3 nitrogen and oxygen atoms in total. The fourth-order valence-corrected chi connectivity index (χ4v) is 4.63. The maximum absolute atomic E-state index is 12.8. The first-order valence-corrected chi connectivity index (χ1v) is 10.6. The van der Waals surface area contributed by atoms with E-state index < -0.39 is 37.0 Å². The van der Waals surface area contributed by atoms with Gasteiger partial charge in [-0.1, -0.05) is 26.8 Å². The van der Waals surface area contributed by atoms with Gasteiger partial charge in [-0.2, -0.15) is 24.9 Å². The fraction of sp³-hybridized carbons (Fsp3) is 0.611. The predicted molar refractivity (Wildman–Crippen MR) is 99.2 cm³/mol. The van der Waals surface area contributed by atoms with E-state index in [1.54, 1.807) is 11.8 Å². The summed E-state index contributed by atoms with van der Waals surface area (Å²) in [4.78, 5) is 12.0. The molecular formula is C18H25F3O3S2. The number of halogens is 3. The second-order valence-electron chi connectivity index (χ2n) is 7.53. The van der Waals surface area contributed by atoms with Gasteiger partial charge in [0.1, 0.15) is 4.75 Å². The first-order chi connectivity index (χ1) is 11.6. The van der Waals surface area contributed by atoms with Gasteiger partial charge in [-0.05, 0) is 44.2 Å². The van der Waals surface area contributed by atoms with Gasteiger partial charge in [0, 0.05) is 11.2 Å². The summed E-state index contributed by atoms with van der Waals surface area (Å²) in [6.45, 7) is 8.63. The van der Waals surface area contributed by atoms with Crippen molar-refractivity contribution in [3.8, 4) is 0 Å². The van der Waals surface area contributed by atoms with E-state index in [-0.39, 0.29) is 11.2 Å². The highest BCUT2D eigenvalue weighted by Gasteiger charge is 2.42. The van der Waals surface area contributed by atoms with Crippen LogP contribution in [-0.2, 0) is 20.8 Å². The van der Waals surface area contributed by atoms with Gasteiger partial charge in [0.25, 0.3) is 0 Å². The number of carbonyl (C=O) groups is 1. The van der Waals surface area contributed by atoms with Crippen molar-refractivity contribution in [3.05, 3.63) is 29.8 Å². The highest BCUT2D eigenvalue weighted by atomic mass is 32.2. The maximum atomic E-state index is 12.8. The van der Waals surface area contributed by atoms with Gasteiger partial charge >= 0.3 is 6.18 Å². The van der Waals surface area contributed by atoms with Crippen LogP contribution in [0.4, 0.5) is 13.2 Å². The summed E-state index contributed by atoms with van der Waals surface area (Å²) in [5.74, 6) is 0.207. The third kappa shape index (κ3) is 5.74. The number of carbonyl (C=O) groups excluding carboxylic acids is 1. The second kappa shape index (κ2) is 7.92. The van der Waals surface area contributed by atoms with Crippen LogP contribution in [0.25, 0.3) is 0 Å². The summed E-state index contributed by atoms with van der Waals surface area (Å²) in [7, 11) is -4.24. The third-order valence-electron chi connectivity index (χ3n) is 3.90. The molecule has 148 valence electrons. The molecule has 0 aliphatic rings.